The SMILES string of the molecule is CCOC(=O)C[C@H](NC(=O)Nc1c(O)ccn(C)c1=O)c1cccc(Cc2cc(F)ccc2C)c1. The van der Waals surface area contributed by atoms with Crippen molar-refractivity contribution in [2.45, 2.75) is 32.7 Å². The number of esters is 1. The average molecular weight is 482 g/mol. The van der Waals surface area contributed by atoms with Crippen LogP contribution in [0.25, 0.3) is 0 Å². The second-order valence-electron chi connectivity index (χ2n) is 8.14. The molecule has 184 valence electrons. The van der Waals surface area contributed by atoms with Crippen LogP contribution in [0.15, 0.2) is 59.5 Å². The first-order chi connectivity index (χ1) is 16.7. The van der Waals surface area contributed by atoms with E-state index in [1.54, 1.807) is 25.1 Å². The third kappa shape index (κ3) is 6.69. The Morgan fingerprint density at radius 3 is 2.69 bits per heavy atom. The molecule has 35 heavy (non-hydrogen) atoms. The van der Waals surface area contributed by atoms with Gasteiger partial charge >= 0.3 is 12.0 Å². The number of carbonyl (C=O) groups excluding carboxylic acids is 2. The van der Waals surface area contributed by atoms with Crippen LogP contribution >= 0.6 is 0 Å². The van der Waals surface area contributed by atoms with E-state index in [9.17, 15) is 23.9 Å². The topological polar surface area (TPSA) is 110 Å². The van der Waals surface area contributed by atoms with Crippen molar-refractivity contribution in [1.29, 1.82) is 0 Å². The summed E-state index contributed by atoms with van der Waals surface area (Å²) in [4.78, 5) is 37.3. The van der Waals surface area contributed by atoms with Gasteiger partial charge < -0.3 is 25.0 Å². The number of nitrogens with zero attached hydrogens (tertiary/aromatic N) is 1. The molecule has 0 spiro atoms. The Labute approximate surface area is 202 Å². The molecule has 0 saturated heterocycles. The lowest BCUT2D eigenvalue weighted by molar-refractivity contribution is -0.143. The van der Waals surface area contributed by atoms with Crippen LogP contribution in [0.2, 0.25) is 0 Å². The maximum Gasteiger partial charge on any atom is 0.319 e. The predicted octanol–water partition coefficient (Wildman–Crippen LogP) is 3.95. The molecule has 2 aromatic carbocycles. The fraction of sp³-hybridized carbons (Fsp3) is 0.269. The molecule has 8 nitrogen and oxygen atoms in total. The van der Waals surface area contributed by atoms with Gasteiger partial charge in [-0.2, -0.15) is 0 Å². The first-order valence-electron chi connectivity index (χ1n) is 11.1. The molecule has 3 N–H and O–H groups in total. The zero-order valence-electron chi connectivity index (χ0n) is 19.8. The molecule has 0 aliphatic carbocycles. The quantitative estimate of drug-likeness (QED) is 0.422. The second-order valence-corrected chi connectivity index (χ2v) is 8.14. The first kappa shape index (κ1) is 25.5. The first-order valence-corrected chi connectivity index (χ1v) is 11.1. The number of ether oxygens (including phenoxy) is 1. The molecule has 9 heteroatoms. The highest BCUT2D eigenvalue weighted by atomic mass is 19.1. The van der Waals surface area contributed by atoms with Crippen LogP contribution in [-0.4, -0.2) is 28.3 Å². The lowest BCUT2D eigenvalue weighted by atomic mass is 9.96. The Kier molecular flexibility index (Phi) is 8.25. The number of aromatic hydroxyl groups is 1. The van der Waals surface area contributed by atoms with Crippen molar-refractivity contribution in [1.82, 2.24) is 9.88 Å². The number of aryl methyl sites for hydroxylation is 2. The highest BCUT2D eigenvalue weighted by Crippen LogP contribution is 2.23. The number of hydrogen-bond donors (Lipinski definition) is 3. The molecule has 3 aromatic rings. The maximum absolute atomic E-state index is 13.7. The number of pyridine rings is 1. The minimum Gasteiger partial charge on any atom is -0.505 e. The van der Waals surface area contributed by atoms with Gasteiger partial charge in [0.05, 0.1) is 19.1 Å². The van der Waals surface area contributed by atoms with Crippen LogP contribution in [0.5, 0.6) is 5.75 Å². The van der Waals surface area contributed by atoms with E-state index in [1.807, 2.05) is 19.1 Å². The van der Waals surface area contributed by atoms with Crippen molar-refractivity contribution >= 4 is 17.7 Å². The number of carbonyl (C=O) groups is 2. The van der Waals surface area contributed by atoms with Gasteiger partial charge in [0.15, 0.2) is 5.69 Å². The molecular weight excluding hydrogens is 453 g/mol. The van der Waals surface area contributed by atoms with Gasteiger partial charge in [0.1, 0.15) is 11.6 Å². The summed E-state index contributed by atoms with van der Waals surface area (Å²) in [6.07, 6.45) is 1.68. The summed E-state index contributed by atoms with van der Waals surface area (Å²) in [5.41, 5.74) is 2.39. The van der Waals surface area contributed by atoms with Gasteiger partial charge in [-0.25, -0.2) is 9.18 Å². The van der Waals surface area contributed by atoms with E-state index < -0.39 is 23.6 Å². The lowest BCUT2D eigenvalue weighted by Crippen LogP contribution is -2.36. The average Bonchev–Trinajstić information content (AvgIpc) is 2.81. The summed E-state index contributed by atoms with van der Waals surface area (Å²) in [6.45, 7) is 3.77. The largest absolute Gasteiger partial charge is 0.505 e. The van der Waals surface area contributed by atoms with Gasteiger partial charge in [0, 0.05) is 13.2 Å². The number of halogens is 1. The van der Waals surface area contributed by atoms with Crippen LogP contribution in [0, 0.1) is 12.7 Å². The summed E-state index contributed by atoms with van der Waals surface area (Å²) in [7, 11) is 1.49. The molecule has 3 rings (SSSR count). The molecule has 0 aliphatic heterocycles. The number of aromatic nitrogens is 1. The molecule has 1 heterocycles. The van der Waals surface area contributed by atoms with E-state index in [2.05, 4.69) is 10.6 Å². The highest BCUT2D eigenvalue weighted by molar-refractivity contribution is 5.91. The summed E-state index contributed by atoms with van der Waals surface area (Å²) in [6, 6.07) is 11.6. The smallest absolute Gasteiger partial charge is 0.319 e. The Hall–Kier alpha value is -4.14. The lowest BCUT2D eigenvalue weighted by Gasteiger charge is -2.20. The number of rotatable bonds is 8. The number of anilines is 1. The van der Waals surface area contributed by atoms with Crippen molar-refractivity contribution in [3.8, 4) is 5.75 Å². The molecule has 0 unspecified atom stereocenters. The minimum atomic E-state index is -0.780. The third-order valence-electron chi connectivity index (χ3n) is 5.53. The Bertz CT molecular complexity index is 1290. The predicted molar refractivity (Wildman–Crippen MR) is 130 cm³/mol. The number of benzene rings is 2. The van der Waals surface area contributed by atoms with Crippen molar-refractivity contribution < 1.29 is 23.8 Å². The summed E-state index contributed by atoms with van der Waals surface area (Å²) in [5.74, 6) is -1.21. The van der Waals surface area contributed by atoms with E-state index in [4.69, 9.17) is 4.74 Å². The molecule has 0 radical (unpaired) electrons. The van der Waals surface area contributed by atoms with Crippen LogP contribution in [0.4, 0.5) is 14.9 Å². The molecule has 0 bridgehead atoms. The summed E-state index contributed by atoms with van der Waals surface area (Å²) < 4.78 is 20.0. The Balaban J connectivity index is 1.85. The monoisotopic (exact) mass is 481 g/mol. The molecule has 0 aliphatic rings. The van der Waals surface area contributed by atoms with Gasteiger partial charge in [-0.05, 0) is 60.7 Å². The molecule has 1 aromatic heterocycles. The summed E-state index contributed by atoms with van der Waals surface area (Å²) >= 11 is 0. The van der Waals surface area contributed by atoms with Crippen LogP contribution in [0.3, 0.4) is 0 Å². The number of urea groups is 1. The van der Waals surface area contributed by atoms with Gasteiger partial charge in [-0.3, -0.25) is 9.59 Å². The zero-order chi connectivity index (χ0) is 25.5. The number of hydrogen-bond acceptors (Lipinski definition) is 5. The van der Waals surface area contributed by atoms with Gasteiger partial charge in [0.2, 0.25) is 0 Å². The maximum atomic E-state index is 13.7. The standard InChI is InChI=1S/C26H28FN3O5/c1-4-35-23(32)15-21(28-26(34)29-24-22(31)10-11-30(3)25(24)33)18-7-5-6-17(12-18)13-19-14-20(27)9-8-16(19)2/h5-12,14,21,31H,4,13,15H2,1-3H3,(H2,28,29,34)/t21-/m0/s1. The van der Waals surface area contributed by atoms with E-state index in [0.29, 0.717) is 12.0 Å². The van der Waals surface area contributed by atoms with Crippen LogP contribution < -0.4 is 16.2 Å². The van der Waals surface area contributed by atoms with E-state index in [-0.39, 0.29) is 30.3 Å². The Morgan fingerprint density at radius 1 is 1.17 bits per heavy atom. The molecule has 1 atom stereocenters. The van der Waals surface area contributed by atoms with E-state index in [0.717, 1.165) is 16.7 Å². The minimum absolute atomic E-state index is 0.150. The Morgan fingerprint density at radius 2 is 1.94 bits per heavy atom. The van der Waals surface area contributed by atoms with Crippen molar-refractivity contribution in [2.24, 2.45) is 7.05 Å². The second kappa shape index (κ2) is 11.3. The van der Waals surface area contributed by atoms with Gasteiger partial charge in [0.25, 0.3) is 5.56 Å². The molecule has 2 amide bonds. The van der Waals surface area contributed by atoms with Gasteiger partial charge in [-0.1, -0.05) is 30.3 Å². The fourth-order valence-corrected chi connectivity index (χ4v) is 3.65. The van der Waals surface area contributed by atoms with E-state index >= 15 is 0 Å². The number of nitrogens with one attached hydrogen (secondary N) is 2. The fourth-order valence-electron chi connectivity index (χ4n) is 3.65. The third-order valence-corrected chi connectivity index (χ3v) is 5.53. The summed E-state index contributed by atoms with van der Waals surface area (Å²) in [5, 5.41) is 15.0. The van der Waals surface area contributed by atoms with Crippen molar-refractivity contribution in [2.75, 3.05) is 11.9 Å². The molecule has 0 saturated carbocycles. The normalized spacial score (nSPS) is 11.5. The molecular formula is C26H28FN3O5. The van der Waals surface area contributed by atoms with E-state index in [1.165, 1.54) is 36.0 Å². The number of amides is 2. The highest BCUT2D eigenvalue weighted by Gasteiger charge is 2.21. The van der Waals surface area contributed by atoms with Crippen LogP contribution in [0.1, 0.15) is 41.6 Å². The van der Waals surface area contributed by atoms with Crippen molar-refractivity contribution in [3.05, 3.63) is 93.2 Å². The molecule has 0 fully saturated rings. The zero-order valence-corrected chi connectivity index (χ0v) is 19.8. The van der Waals surface area contributed by atoms with Crippen molar-refractivity contribution in [3.63, 3.8) is 0 Å². The van der Waals surface area contributed by atoms with Crippen LogP contribution in [-0.2, 0) is 23.0 Å². The van der Waals surface area contributed by atoms with Gasteiger partial charge in [-0.15, -0.1) is 0 Å².